The Labute approximate surface area is 206 Å². The summed E-state index contributed by atoms with van der Waals surface area (Å²) >= 11 is 1.33. The molecular weight excluding hydrogens is 475 g/mol. The predicted octanol–water partition coefficient (Wildman–Crippen LogP) is 6.29. The molecule has 2 heterocycles. The van der Waals surface area contributed by atoms with Crippen LogP contribution in [0.2, 0.25) is 0 Å². The third-order valence-electron chi connectivity index (χ3n) is 6.18. The molecule has 0 radical (unpaired) electrons. The van der Waals surface area contributed by atoms with Crippen molar-refractivity contribution in [2.75, 3.05) is 24.5 Å². The minimum atomic E-state index is -4.37. The molecule has 0 spiro atoms. The Morgan fingerprint density at radius 3 is 2.80 bits per heavy atom. The van der Waals surface area contributed by atoms with E-state index in [2.05, 4.69) is 21.7 Å². The second-order valence-electron chi connectivity index (χ2n) is 8.82. The molecule has 35 heavy (non-hydrogen) atoms. The van der Waals surface area contributed by atoms with E-state index >= 15 is 0 Å². The lowest BCUT2D eigenvalue weighted by atomic mass is 10.0. The second-order valence-corrected chi connectivity index (χ2v) is 9.83. The molecule has 1 aliphatic heterocycles. The smallest absolute Gasteiger partial charge is 0.416 e. The van der Waals surface area contributed by atoms with Gasteiger partial charge in [-0.2, -0.15) is 13.2 Å². The summed E-state index contributed by atoms with van der Waals surface area (Å²) in [5, 5.41) is 9.64. The molecule has 1 aromatic heterocycles. The Morgan fingerprint density at radius 2 is 2.06 bits per heavy atom. The maximum Gasteiger partial charge on any atom is 0.416 e. The molecule has 1 aliphatic rings. The summed E-state index contributed by atoms with van der Waals surface area (Å²) in [5.41, 5.74) is 1.91. The van der Waals surface area contributed by atoms with Gasteiger partial charge in [-0.25, -0.2) is 9.78 Å². The van der Waals surface area contributed by atoms with Gasteiger partial charge in [0.25, 0.3) is 0 Å². The van der Waals surface area contributed by atoms with Crippen molar-refractivity contribution in [3.05, 3.63) is 65.2 Å². The van der Waals surface area contributed by atoms with Gasteiger partial charge in [0.2, 0.25) is 0 Å². The fourth-order valence-electron chi connectivity index (χ4n) is 4.43. The van der Waals surface area contributed by atoms with Crippen molar-refractivity contribution < 1.29 is 23.1 Å². The minimum absolute atomic E-state index is 0.224. The number of hydrogen-bond donors (Lipinski definition) is 1. The number of thiazole rings is 1. The summed E-state index contributed by atoms with van der Waals surface area (Å²) in [7, 11) is 0. The van der Waals surface area contributed by atoms with Gasteiger partial charge in [-0.15, -0.1) is 0 Å². The molecule has 0 amide bonds. The predicted molar refractivity (Wildman–Crippen MR) is 134 cm³/mol. The molecule has 0 aliphatic carbocycles. The van der Waals surface area contributed by atoms with Gasteiger partial charge in [0.05, 0.1) is 15.8 Å². The van der Waals surface area contributed by atoms with Crippen molar-refractivity contribution in [3.8, 4) is 0 Å². The number of carbonyl (C=O) groups is 1. The van der Waals surface area contributed by atoms with Gasteiger partial charge in [-0.3, -0.25) is 4.90 Å². The molecule has 2 aromatic carbocycles. The quantitative estimate of drug-likeness (QED) is 0.366. The number of alkyl halides is 3. The van der Waals surface area contributed by atoms with Crippen LogP contribution in [0, 0.1) is 0 Å². The first-order valence-corrected chi connectivity index (χ1v) is 12.5. The van der Waals surface area contributed by atoms with Gasteiger partial charge in [0, 0.05) is 38.3 Å². The maximum absolute atomic E-state index is 13.1. The van der Waals surface area contributed by atoms with Crippen LogP contribution in [0.15, 0.2) is 48.5 Å². The van der Waals surface area contributed by atoms with E-state index in [1.54, 1.807) is 6.08 Å². The first kappa shape index (κ1) is 25.2. The van der Waals surface area contributed by atoms with E-state index in [0.29, 0.717) is 10.2 Å². The molecule has 4 rings (SSSR count). The van der Waals surface area contributed by atoms with E-state index in [-0.39, 0.29) is 6.04 Å². The molecule has 0 bridgehead atoms. The van der Waals surface area contributed by atoms with E-state index < -0.39 is 17.7 Å². The zero-order chi connectivity index (χ0) is 25.0. The first-order chi connectivity index (χ1) is 16.7. The Bertz CT molecular complexity index is 1210. The SMILES string of the molecule is CCCC[C@@H]1CN(Cc2cccc(C=CC(=O)O)c2)CCN1c1nc2ccc(C(F)(F)F)cc2s1. The van der Waals surface area contributed by atoms with Crippen LogP contribution in [-0.2, 0) is 17.5 Å². The Morgan fingerprint density at radius 1 is 1.23 bits per heavy atom. The number of aromatic nitrogens is 1. The number of fused-ring (bicyclic) bond motifs is 1. The molecule has 9 heteroatoms. The summed E-state index contributed by atoms with van der Waals surface area (Å²) in [6, 6.07) is 11.8. The topological polar surface area (TPSA) is 56.7 Å². The number of piperazine rings is 1. The molecule has 186 valence electrons. The third-order valence-corrected chi connectivity index (χ3v) is 7.24. The number of unbranched alkanes of at least 4 members (excludes halogenated alkanes) is 1. The highest BCUT2D eigenvalue weighted by Gasteiger charge is 2.32. The average molecular weight is 504 g/mol. The monoisotopic (exact) mass is 503 g/mol. The van der Waals surface area contributed by atoms with Gasteiger partial charge in [-0.05, 0) is 41.8 Å². The number of rotatable bonds is 8. The van der Waals surface area contributed by atoms with Crippen LogP contribution >= 0.6 is 11.3 Å². The largest absolute Gasteiger partial charge is 0.478 e. The van der Waals surface area contributed by atoms with Gasteiger partial charge < -0.3 is 10.0 Å². The van der Waals surface area contributed by atoms with Crippen molar-refractivity contribution in [2.24, 2.45) is 0 Å². The molecule has 3 aromatic rings. The molecule has 1 N–H and O–H groups in total. The van der Waals surface area contributed by atoms with Crippen molar-refractivity contribution >= 4 is 38.7 Å². The van der Waals surface area contributed by atoms with Crippen LogP contribution in [0.3, 0.4) is 0 Å². The van der Waals surface area contributed by atoms with E-state index in [1.165, 1.54) is 23.5 Å². The van der Waals surface area contributed by atoms with Crippen LogP contribution in [0.4, 0.5) is 18.3 Å². The number of halogens is 3. The van der Waals surface area contributed by atoms with E-state index in [0.717, 1.165) is 73.8 Å². The molecule has 1 saturated heterocycles. The third kappa shape index (κ3) is 6.41. The van der Waals surface area contributed by atoms with Crippen LogP contribution in [0.25, 0.3) is 16.3 Å². The highest BCUT2D eigenvalue weighted by Crippen LogP contribution is 2.36. The summed E-state index contributed by atoms with van der Waals surface area (Å²) in [5.74, 6) is -0.977. The average Bonchev–Trinajstić information content (AvgIpc) is 3.24. The fraction of sp³-hybridized carbons (Fsp3) is 0.385. The normalized spacial score (nSPS) is 17.5. The number of nitrogens with zero attached hydrogens (tertiary/aromatic N) is 3. The number of carboxylic acids is 1. The van der Waals surface area contributed by atoms with Crippen LogP contribution in [-0.4, -0.2) is 46.6 Å². The van der Waals surface area contributed by atoms with Crippen molar-refractivity contribution in [1.29, 1.82) is 0 Å². The number of anilines is 1. The van der Waals surface area contributed by atoms with Crippen molar-refractivity contribution in [1.82, 2.24) is 9.88 Å². The molecule has 5 nitrogen and oxygen atoms in total. The zero-order valence-corrected chi connectivity index (χ0v) is 20.3. The van der Waals surface area contributed by atoms with Crippen molar-refractivity contribution in [2.45, 2.75) is 44.9 Å². The molecule has 1 fully saturated rings. The fourth-order valence-corrected chi connectivity index (χ4v) is 5.54. The lowest BCUT2D eigenvalue weighted by Crippen LogP contribution is -2.53. The van der Waals surface area contributed by atoms with Crippen LogP contribution in [0.5, 0.6) is 0 Å². The van der Waals surface area contributed by atoms with Gasteiger partial charge in [0.15, 0.2) is 5.13 Å². The van der Waals surface area contributed by atoms with Crippen LogP contribution < -0.4 is 4.90 Å². The molecule has 0 unspecified atom stereocenters. The first-order valence-electron chi connectivity index (χ1n) is 11.7. The highest BCUT2D eigenvalue weighted by atomic mass is 32.1. The van der Waals surface area contributed by atoms with E-state index in [1.807, 2.05) is 24.3 Å². The molecule has 0 saturated carbocycles. The summed E-state index contributed by atoms with van der Waals surface area (Å²) in [6.07, 6.45) is 1.47. The summed E-state index contributed by atoms with van der Waals surface area (Å²) in [6.45, 7) is 5.29. The maximum atomic E-state index is 13.1. The zero-order valence-electron chi connectivity index (χ0n) is 19.5. The number of hydrogen-bond acceptors (Lipinski definition) is 5. The van der Waals surface area contributed by atoms with Gasteiger partial charge in [-0.1, -0.05) is 55.4 Å². The van der Waals surface area contributed by atoms with Crippen LogP contribution in [0.1, 0.15) is 42.9 Å². The summed E-state index contributed by atoms with van der Waals surface area (Å²) in [4.78, 5) is 20.1. The Kier molecular flexibility index (Phi) is 7.76. The number of carboxylic acid groups (broad SMARTS) is 1. The Hall–Kier alpha value is -2.91. The lowest BCUT2D eigenvalue weighted by molar-refractivity contribution is -0.137. The van der Waals surface area contributed by atoms with Gasteiger partial charge >= 0.3 is 12.1 Å². The van der Waals surface area contributed by atoms with Gasteiger partial charge in [0.1, 0.15) is 0 Å². The number of benzene rings is 2. The highest BCUT2D eigenvalue weighted by molar-refractivity contribution is 7.22. The molecular formula is C26H28F3N3O2S. The molecule has 1 atom stereocenters. The minimum Gasteiger partial charge on any atom is -0.478 e. The Balaban J connectivity index is 1.50. The number of aliphatic carboxylic acids is 1. The van der Waals surface area contributed by atoms with Crippen molar-refractivity contribution in [3.63, 3.8) is 0 Å². The standard InChI is InChI=1S/C26H28F3N3O2S/c1-2-3-7-21-17-31(16-19-6-4-5-18(14-19)8-11-24(33)34)12-13-32(21)25-30-22-10-9-20(26(27,28)29)15-23(22)35-25/h4-6,8-11,14-15,21H,2-3,7,12-13,16-17H2,1H3,(H,33,34)/t21-/m1/s1. The van der Waals surface area contributed by atoms with E-state index in [4.69, 9.17) is 5.11 Å². The summed E-state index contributed by atoms with van der Waals surface area (Å²) < 4.78 is 40.0. The lowest BCUT2D eigenvalue weighted by Gasteiger charge is -2.41. The second kappa shape index (κ2) is 10.8. The van der Waals surface area contributed by atoms with E-state index in [9.17, 15) is 18.0 Å².